The van der Waals surface area contributed by atoms with Gasteiger partial charge in [-0.05, 0) is 25.0 Å². The maximum atomic E-state index is 12.9. The number of piperidine rings is 1. The Morgan fingerprint density at radius 1 is 1.28 bits per heavy atom. The number of methoxy groups -OCH3 is 1. The molecular weight excluding hydrogens is 346 g/mol. The fraction of sp³-hybridized carbons (Fsp3) is 0.412. The van der Waals surface area contributed by atoms with Gasteiger partial charge < -0.3 is 9.47 Å². The molecule has 0 amide bonds. The topological polar surface area (TPSA) is 90.0 Å². The summed E-state index contributed by atoms with van der Waals surface area (Å²) in [7, 11) is -2.65. The Hall–Kier alpha value is -2.19. The van der Waals surface area contributed by atoms with E-state index < -0.39 is 16.0 Å². The number of carbonyl (C=O) groups excluding carboxylic acids is 2. The van der Waals surface area contributed by atoms with E-state index in [1.807, 2.05) is 0 Å². The molecule has 8 heteroatoms. The van der Waals surface area contributed by atoms with Crippen molar-refractivity contribution in [1.29, 1.82) is 0 Å². The van der Waals surface area contributed by atoms with Crippen molar-refractivity contribution < 1.29 is 27.5 Å². The third-order valence-corrected chi connectivity index (χ3v) is 6.00. The van der Waals surface area contributed by atoms with E-state index in [1.54, 1.807) is 12.1 Å². The number of nitrogens with zero attached hydrogens (tertiary/aromatic N) is 1. The second-order valence-electron chi connectivity index (χ2n) is 5.58. The van der Waals surface area contributed by atoms with Gasteiger partial charge >= 0.3 is 11.9 Å². The van der Waals surface area contributed by atoms with Gasteiger partial charge in [0.1, 0.15) is 6.61 Å². The number of carbonyl (C=O) groups is 2. The largest absolute Gasteiger partial charge is 0.465 e. The SMILES string of the molecule is C=CCOC(=O)C1CCN(S(=O)(=O)c2ccccc2C(=O)OC)CC1. The van der Waals surface area contributed by atoms with E-state index in [9.17, 15) is 18.0 Å². The van der Waals surface area contributed by atoms with Crippen LogP contribution in [0.15, 0.2) is 41.8 Å². The van der Waals surface area contributed by atoms with Gasteiger partial charge in [0, 0.05) is 13.1 Å². The molecule has 0 unspecified atom stereocenters. The molecule has 25 heavy (non-hydrogen) atoms. The van der Waals surface area contributed by atoms with Crippen LogP contribution in [0.2, 0.25) is 0 Å². The number of esters is 2. The highest BCUT2D eigenvalue weighted by Crippen LogP contribution is 2.26. The molecule has 0 aromatic heterocycles. The van der Waals surface area contributed by atoms with Gasteiger partial charge in [0.2, 0.25) is 10.0 Å². The van der Waals surface area contributed by atoms with Crippen LogP contribution in [0.25, 0.3) is 0 Å². The first-order valence-corrected chi connectivity index (χ1v) is 9.30. The second kappa shape index (κ2) is 8.26. The average Bonchev–Trinajstić information content (AvgIpc) is 2.65. The Morgan fingerprint density at radius 2 is 1.92 bits per heavy atom. The summed E-state index contributed by atoms with van der Waals surface area (Å²) in [4.78, 5) is 23.6. The van der Waals surface area contributed by atoms with E-state index >= 15 is 0 Å². The summed E-state index contributed by atoms with van der Waals surface area (Å²) in [5.41, 5.74) is -0.00230. The fourth-order valence-electron chi connectivity index (χ4n) is 2.70. The van der Waals surface area contributed by atoms with E-state index in [0.717, 1.165) is 0 Å². The molecule has 1 saturated heterocycles. The van der Waals surface area contributed by atoms with Gasteiger partial charge in [-0.25, -0.2) is 13.2 Å². The summed E-state index contributed by atoms with van der Waals surface area (Å²) in [6, 6.07) is 5.93. The predicted molar refractivity (Wildman–Crippen MR) is 90.4 cm³/mol. The Labute approximate surface area is 147 Å². The number of rotatable bonds is 6. The molecule has 0 aliphatic carbocycles. The predicted octanol–water partition coefficient (Wildman–Crippen LogP) is 1.60. The zero-order chi connectivity index (χ0) is 18.4. The van der Waals surface area contributed by atoms with Crippen LogP contribution in [0.5, 0.6) is 0 Å². The molecule has 0 spiro atoms. The quantitative estimate of drug-likeness (QED) is 0.560. The lowest BCUT2D eigenvalue weighted by atomic mass is 9.98. The molecule has 1 heterocycles. The maximum Gasteiger partial charge on any atom is 0.339 e. The van der Waals surface area contributed by atoms with E-state index in [0.29, 0.717) is 12.8 Å². The van der Waals surface area contributed by atoms with Crippen LogP contribution in [-0.4, -0.2) is 51.5 Å². The smallest absolute Gasteiger partial charge is 0.339 e. The molecule has 1 aliphatic heterocycles. The van der Waals surface area contributed by atoms with Crippen molar-refractivity contribution in [3.63, 3.8) is 0 Å². The molecule has 1 fully saturated rings. The van der Waals surface area contributed by atoms with Crippen LogP contribution >= 0.6 is 0 Å². The summed E-state index contributed by atoms with van der Waals surface area (Å²) < 4.78 is 36.7. The van der Waals surface area contributed by atoms with Gasteiger partial charge in [0.05, 0.1) is 23.5 Å². The van der Waals surface area contributed by atoms with Crippen molar-refractivity contribution in [2.75, 3.05) is 26.8 Å². The van der Waals surface area contributed by atoms with E-state index in [2.05, 4.69) is 11.3 Å². The molecule has 0 atom stereocenters. The van der Waals surface area contributed by atoms with Gasteiger partial charge in [-0.1, -0.05) is 24.8 Å². The highest BCUT2D eigenvalue weighted by molar-refractivity contribution is 7.89. The summed E-state index contributed by atoms with van der Waals surface area (Å²) in [6.45, 7) is 4.00. The summed E-state index contributed by atoms with van der Waals surface area (Å²) in [5, 5.41) is 0. The first-order chi connectivity index (χ1) is 11.9. The molecule has 0 N–H and O–H groups in total. The molecular formula is C17H21NO6S. The van der Waals surface area contributed by atoms with Crippen LogP contribution in [0.1, 0.15) is 23.2 Å². The van der Waals surface area contributed by atoms with E-state index in [4.69, 9.17) is 4.74 Å². The van der Waals surface area contributed by atoms with Crippen LogP contribution in [0, 0.1) is 5.92 Å². The second-order valence-corrected chi connectivity index (χ2v) is 7.49. The van der Waals surface area contributed by atoms with Crippen LogP contribution in [0.4, 0.5) is 0 Å². The minimum absolute atomic E-state index is 0.00230. The Bertz CT molecular complexity index is 750. The molecule has 2 rings (SSSR count). The number of hydrogen-bond donors (Lipinski definition) is 0. The molecule has 0 saturated carbocycles. The van der Waals surface area contributed by atoms with Gasteiger partial charge in [0.15, 0.2) is 0 Å². The highest BCUT2D eigenvalue weighted by Gasteiger charge is 2.34. The highest BCUT2D eigenvalue weighted by atomic mass is 32.2. The number of benzene rings is 1. The maximum absolute atomic E-state index is 12.9. The molecule has 7 nitrogen and oxygen atoms in total. The third-order valence-electron chi connectivity index (χ3n) is 4.04. The van der Waals surface area contributed by atoms with Crippen molar-refractivity contribution in [2.24, 2.45) is 5.92 Å². The van der Waals surface area contributed by atoms with Gasteiger partial charge in [-0.2, -0.15) is 4.31 Å². The van der Waals surface area contributed by atoms with Crippen molar-refractivity contribution in [3.8, 4) is 0 Å². The van der Waals surface area contributed by atoms with E-state index in [-0.39, 0.29) is 42.0 Å². The summed E-state index contributed by atoms with van der Waals surface area (Å²) in [5.74, 6) is -1.38. The zero-order valence-corrected chi connectivity index (χ0v) is 14.8. The lowest BCUT2D eigenvalue weighted by Crippen LogP contribution is -2.41. The third kappa shape index (κ3) is 4.26. The number of hydrogen-bond acceptors (Lipinski definition) is 6. The lowest BCUT2D eigenvalue weighted by Gasteiger charge is -2.30. The van der Waals surface area contributed by atoms with Crippen molar-refractivity contribution in [2.45, 2.75) is 17.7 Å². The van der Waals surface area contributed by atoms with Gasteiger partial charge in [-0.15, -0.1) is 0 Å². The van der Waals surface area contributed by atoms with Crippen LogP contribution < -0.4 is 0 Å². The molecule has 1 aromatic carbocycles. The number of sulfonamides is 1. The van der Waals surface area contributed by atoms with Gasteiger partial charge in [-0.3, -0.25) is 4.79 Å². The Kier molecular flexibility index (Phi) is 6.33. The minimum Gasteiger partial charge on any atom is -0.465 e. The normalized spacial score (nSPS) is 16.2. The first-order valence-electron chi connectivity index (χ1n) is 7.86. The van der Waals surface area contributed by atoms with Crippen LogP contribution in [-0.2, 0) is 24.3 Å². The summed E-state index contributed by atoms with van der Waals surface area (Å²) in [6.07, 6.45) is 2.23. The zero-order valence-electron chi connectivity index (χ0n) is 14.0. The number of ether oxygens (including phenoxy) is 2. The van der Waals surface area contributed by atoms with Crippen molar-refractivity contribution >= 4 is 22.0 Å². The molecule has 136 valence electrons. The monoisotopic (exact) mass is 367 g/mol. The summed E-state index contributed by atoms with van der Waals surface area (Å²) >= 11 is 0. The van der Waals surface area contributed by atoms with E-state index in [1.165, 1.54) is 29.6 Å². The Morgan fingerprint density at radius 3 is 2.52 bits per heavy atom. The Balaban J connectivity index is 2.14. The first kappa shape index (κ1) is 19.1. The minimum atomic E-state index is -3.85. The standard InChI is InChI=1S/C17H21NO6S/c1-3-12-24-16(19)13-8-10-18(11-9-13)25(21,22)15-7-5-4-6-14(15)17(20)23-2/h3-7,13H,1,8-12H2,2H3. The molecule has 0 bridgehead atoms. The lowest BCUT2D eigenvalue weighted by molar-refractivity contribution is -0.148. The van der Waals surface area contributed by atoms with Crippen LogP contribution in [0.3, 0.4) is 0 Å². The average molecular weight is 367 g/mol. The van der Waals surface area contributed by atoms with Crippen molar-refractivity contribution in [1.82, 2.24) is 4.31 Å². The van der Waals surface area contributed by atoms with Crippen molar-refractivity contribution in [3.05, 3.63) is 42.5 Å². The molecule has 1 aliphatic rings. The fourth-order valence-corrected chi connectivity index (χ4v) is 4.35. The van der Waals surface area contributed by atoms with Gasteiger partial charge in [0.25, 0.3) is 0 Å². The molecule has 1 aromatic rings. The molecule has 0 radical (unpaired) electrons.